The monoisotopic (exact) mass is 786 g/mol. The van der Waals surface area contributed by atoms with Crippen molar-refractivity contribution in [1.82, 2.24) is 0 Å². The van der Waals surface area contributed by atoms with Crippen LogP contribution in [0.15, 0.2) is 0 Å². The Morgan fingerprint density at radius 3 is 0.849 bits per heavy atom. The van der Waals surface area contributed by atoms with Crippen molar-refractivity contribution in [3.63, 3.8) is 0 Å². The van der Waals surface area contributed by atoms with E-state index in [4.69, 9.17) is 53.1 Å². The van der Waals surface area contributed by atoms with Gasteiger partial charge < -0.3 is 63.1 Å². The van der Waals surface area contributed by atoms with E-state index < -0.39 is 46.8 Å². The van der Waals surface area contributed by atoms with Crippen LogP contribution in [0.1, 0.15) is 41.5 Å². The lowest BCUT2D eigenvalue weighted by molar-refractivity contribution is -0.372. The largest absolute Gasteiger partial charge is 0.394 e. The predicted molar refractivity (Wildman–Crippen MR) is 181 cm³/mol. The Bertz CT molecular complexity index is 830. The van der Waals surface area contributed by atoms with Crippen molar-refractivity contribution in [2.75, 3.05) is 132 Å². The van der Waals surface area contributed by atoms with Crippen LogP contribution < -0.4 is 0 Å². The molecule has 21 nitrogen and oxygen atoms in total. The molecule has 21 heteroatoms. The van der Waals surface area contributed by atoms with Crippen LogP contribution in [0.3, 0.4) is 0 Å². The van der Waals surface area contributed by atoms with Crippen LogP contribution in [0.4, 0.5) is 0 Å². The summed E-state index contributed by atoms with van der Waals surface area (Å²) in [6.45, 7) is 6.55. The summed E-state index contributed by atoms with van der Waals surface area (Å²) in [7, 11) is 0. The minimum Gasteiger partial charge on any atom is -0.394 e. The maximum Gasteiger partial charge on any atom is 0.150 e. The molecule has 0 amide bonds. The molecule has 0 spiro atoms. The molecule has 0 aromatic heterocycles. The third kappa shape index (κ3) is 23.1. The fraction of sp³-hybridized carbons (Fsp3) is 1.00. The molecule has 0 bridgehead atoms. The Morgan fingerprint density at radius 1 is 0.321 bits per heavy atom. The summed E-state index contributed by atoms with van der Waals surface area (Å²) >= 11 is 0. The zero-order valence-corrected chi connectivity index (χ0v) is 32.0. The fourth-order valence-corrected chi connectivity index (χ4v) is 4.73. The van der Waals surface area contributed by atoms with E-state index in [1.807, 2.05) is 0 Å². The zero-order valence-electron chi connectivity index (χ0n) is 32.0. The van der Waals surface area contributed by atoms with Crippen LogP contribution in [-0.4, -0.2) is 207 Å². The molecule has 0 aromatic carbocycles. The first kappa shape index (κ1) is 52.2. The average Bonchev–Trinajstić information content (AvgIpc) is 3.10. The Kier molecular flexibility index (Phi) is 27.3. The number of aliphatic hydroxyl groups is 4. The second-order valence-electron chi connectivity index (χ2n) is 14.2. The van der Waals surface area contributed by atoms with Gasteiger partial charge in [-0.25, -0.2) is 19.6 Å². The van der Waals surface area contributed by atoms with Crippen molar-refractivity contribution in [1.29, 1.82) is 0 Å². The van der Waals surface area contributed by atoms with E-state index in [9.17, 15) is 30.9 Å². The van der Waals surface area contributed by atoms with Gasteiger partial charge in [0.1, 0.15) is 46.8 Å². The second-order valence-corrected chi connectivity index (χ2v) is 14.2. The summed E-state index contributed by atoms with van der Waals surface area (Å²) in [6, 6.07) is 0. The van der Waals surface area contributed by atoms with Crippen molar-refractivity contribution in [3.8, 4) is 0 Å². The lowest BCUT2D eigenvalue weighted by Gasteiger charge is -2.41. The number of ether oxygens (including phenoxy) is 9. The van der Waals surface area contributed by atoms with Gasteiger partial charge in [-0.2, -0.15) is 0 Å². The van der Waals surface area contributed by atoms with E-state index in [2.05, 4.69) is 19.6 Å². The minimum atomic E-state index is -1.47. The molecule has 0 aliphatic carbocycles. The van der Waals surface area contributed by atoms with Gasteiger partial charge in [0.2, 0.25) is 0 Å². The van der Waals surface area contributed by atoms with Gasteiger partial charge >= 0.3 is 0 Å². The SMILES string of the molecule is CC(COO)(COCC(C)(COCC(C)(COO)OO)OC(C)(COCC(C)(COCCO)OCCO)COCC(C)(COCCO)OCCO)OO. The average molecular weight is 787 g/mol. The van der Waals surface area contributed by atoms with Gasteiger partial charge in [-0.1, -0.05) is 0 Å². The highest BCUT2D eigenvalue weighted by Gasteiger charge is 2.41. The molecule has 0 saturated carbocycles. The van der Waals surface area contributed by atoms with Crippen molar-refractivity contribution in [2.24, 2.45) is 0 Å². The van der Waals surface area contributed by atoms with Crippen LogP contribution in [-0.2, 0) is 62.2 Å². The number of hydrogen-bond acceptors (Lipinski definition) is 21. The van der Waals surface area contributed by atoms with Crippen molar-refractivity contribution in [3.05, 3.63) is 0 Å². The fourth-order valence-electron chi connectivity index (χ4n) is 4.73. The second kappa shape index (κ2) is 27.7. The molecule has 320 valence electrons. The molecule has 8 N–H and O–H groups in total. The molecule has 0 radical (unpaired) electrons. The third-order valence-corrected chi connectivity index (χ3v) is 7.30. The number of aliphatic hydroxyl groups excluding tert-OH is 4. The van der Waals surface area contributed by atoms with Gasteiger partial charge in [0.15, 0.2) is 0 Å². The summed E-state index contributed by atoms with van der Waals surface area (Å²) in [5.41, 5.74) is -7.70. The van der Waals surface area contributed by atoms with Crippen LogP contribution >= 0.6 is 0 Å². The van der Waals surface area contributed by atoms with Gasteiger partial charge in [0, 0.05) is 0 Å². The van der Waals surface area contributed by atoms with Crippen LogP contribution in [0.25, 0.3) is 0 Å². The van der Waals surface area contributed by atoms with E-state index in [0.717, 1.165) is 0 Å². The summed E-state index contributed by atoms with van der Waals surface area (Å²) in [5, 5.41) is 73.7. The molecule has 0 aliphatic heterocycles. The van der Waals surface area contributed by atoms with Gasteiger partial charge in [-0.3, -0.25) is 21.0 Å². The molecular weight excluding hydrogens is 720 g/mol. The highest BCUT2D eigenvalue weighted by molar-refractivity contribution is 4.87. The van der Waals surface area contributed by atoms with E-state index in [0.29, 0.717) is 0 Å². The highest BCUT2D eigenvalue weighted by atomic mass is 17.1. The molecule has 4 unspecified atom stereocenters. The molecular formula is C32H66O21. The number of hydrogen-bond donors (Lipinski definition) is 8. The first-order valence-electron chi connectivity index (χ1n) is 17.1. The van der Waals surface area contributed by atoms with E-state index in [-0.39, 0.29) is 119 Å². The van der Waals surface area contributed by atoms with E-state index in [1.54, 1.807) is 27.7 Å². The molecule has 0 rings (SSSR count). The summed E-state index contributed by atoms with van der Waals surface area (Å²) in [4.78, 5) is 17.2. The highest BCUT2D eigenvalue weighted by Crippen LogP contribution is 2.27. The Hall–Kier alpha value is -0.840. The molecule has 0 saturated heterocycles. The summed E-state index contributed by atoms with van der Waals surface area (Å²) in [5.74, 6) is 0. The van der Waals surface area contributed by atoms with Crippen LogP contribution in [0.2, 0.25) is 0 Å². The molecule has 4 atom stereocenters. The first-order chi connectivity index (χ1) is 25.0. The molecule has 0 fully saturated rings. The minimum absolute atomic E-state index is 0.00760. The summed E-state index contributed by atoms with van der Waals surface area (Å²) in [6.07, 6.45) is 0. The Balaban J connectivity index is 6.42. The predicted octanol–water partition coefficient (Wildman–Crippen LogP) is -0.384. The van der Waals surface area contributed by atoms with Crippen molar-refractivity contribution >= 4 is 0 Å². The van der Waals surface area contributed by atoms with Gasteiger partial charge in [-0.15, -0.1) is 0 Å². The van der Waals surface area contributed by atoms with E-state index >= 15 is 0 Å². The quantitative estimate of drug-likeness (QED) is 0.0225. The number of rotatable bonds is 38. The van der Waals surface area contributed by atoms with Gasteiger partial charge in [0.05, 0.1) is 119 Å². The van der Waals surface area contributed by atoms with E-state index in [1.165, 1.54) is 13.8 Å². The molecule has 0 heterocycles. The van der Waals surface area contributed by atoms with Crippen molar-refractivity contribution in [2.45, 2.75) is 75.1 Å². The van der Waals surface area contributed by atoms with Gasteiger partial charge in [0.25, 0.3) is 0 Å². The normalized spacial score (nSPS) is 19.1. The third-order valence-electron chi connectivity index (χ3n) is 7.30. The van der Waals surface area contributed by atoms with Crippen molar-refractivity contribution < 1.29 is 104 Å². The maximum atomic E-state index is 9.39. The Morgan fingerprint density at radius 2 is 0.585 bits per heavy atom. The molecule has 0 aromatic rings. The van der Waals surface area contributed by atoms with Crippen LogP contribution in [0, 0.1) is 0 Å². The topological polar surface area (TPSA) is 282 Å². The lowest BCUT2D eigenvalue weighted by Crippen LogP contribution is -2.54. The molecule has 53 heavy (non-hydrogen) atoms. The van der Waals surface area contributed by atoms with Crippen LogP contribution in [0.5, 0.6) is 0 Å². The maximum absolute atomic E-state index is 9.39. The van der Waals surface area contributed by atoms with Gasteiger partial charge in [-0.05, 0) is 41.5 Å². The zero-order chi connectivity index (χ0) is 40.3. The summed E-state index contributed by atoms with van der Waals surface area (Å²) < 4.78 is 53.2. The lowest BCUT2D eigenvalue weighted by atomic mass is 10.0. The standard InChI is InChI=1S/C32H66O21/c1-27(47-13-9-35,15-41-11-7-33)17-43-19-29(3,20-44-18-28(2,48-14-10-36)16-42-12-8-34)51-30(4,21-45-23-31(5,52-39)25-49-37)22-46-24-32(6,53-40)26-50-38/h33-40H,7-26H2,1-6H3. The molecule has 0 aliphatic rings. The smallest absolute Gasteiger partial charge is 0.150 e. The first-order valence-corrected chi connectivity index (χ1v) is 17.1. The Labute approximate surface area is 311 Å².